The maximum Gasteiger partial charge on any atom is 0.289 e. The van der Waals surface area contributed by atoms with Crippen molar-refractivity contribution in [2.45, 2.75) is 19.8 Å². The van der Waals surface area contributed by atoms with E-state index in [4.69, 9.17) is 4.42 Å². The van der Waals surface area contributed by atoms with E-state index in [0.29, 0.717) is 37.6 Å². The Balaban J connectivity index is 1.66. The largest absolute Gasteiger partial charge is 0.459 e. The molecule has 0 N–H and O–H groups in total. The van der Waals surface area contributed by atoms with Crippen LogP contribution in [-0.4, -0.2) is 52.8 Å². The summed E-state index contributed by atoms with van der Waals surface area (Å²) < 4.78 is 5.87. The first-order valence-electron chi connectivity index (χ1n) is 7.75. The van der Waals surface area contributed by atoms with E-state index >= 15 is 0 Å². The summed E-state index contributed by atoms with van der Waals surface area (Å²) in [6.45, 7) is 6.09. The molecule has 3 heterocycles. The number of hydrogen-bond donors (Lipinski definition) is 0. The minimum Gasteiger partial charge on any atom is -0.459 e. The topological polar surface area (TPSA) is 66.7 Å². The summed E-state index contributed by atoms with van der Waals surface area (Å²) in [6.07, 6.45) is 1.49. The fourth-order valence-electron chi connectivity index (χ4n) is 2.67. The molecular formula is C16H18BrN3O3S. The van der Waals surface area contributed by atoms with E-state index in [1.54, 1.807) is 21.9 Å². The second-order valence-corrected chi connectivity index (χ2v) is 8.20. The predicted octanol–water partition coefficient (Wildman–Crippen LogP) is 3.22. The highest BCUT2D eigenvalue weighted by Crippen LogP contribution is 2.30. The highest BCUT2D eigenvalue weighted by atomic mass is 79.9. The normalized spacial score (nSPS) is 15.2. The second kappa shape index (κ2) is 7.06. The molecule has 3 rings (SSSR count). The molecule has 0 saturated carbocycles. The lowest BCUT2D eigenvalue weighted by Gasteiger charge is -2.34. The first-order chi connectivity index (χ1) is 11.5. The van der Waals surface area contributed by atoms with Gasteiger partial charge in [-0.2, -0.15) is 0 Å². The fourth-order valence-corrected chi connectivity index (χ4v) is 4.15. The van der Waals surface area contributed by atoms with Gasteiger partial charge in [-0.05, 0) is 34.0 Å². The smallest absolute Gasteiger partial charge is 0.289 e. The summed E-state index contributed by atoms with van der Waals surface area (Å²) in [5.74, 6) is 0.381. The average molecular weight is 412 g/mol. The zero-order valence-electron chi connectivity index (χ0n) is 13.5. The van der Waals surface area contributed by atoms with Crippen molar-refractivity contribution in [2.75, 3.05) is 26.2 Å². The van der Waals surface area contributed by atoms with Gasteiger partial charge in [0.25, 0.3) is 11.8 Å². The molecule has 0 spiro atoms. The van der Waals surface area contributed by atoms with Crippen molar-refractivity contribution >= 4 is 39.1 Å². The van der Waals surface area contributed by atoms with Crippen LogP contribution in [0, 0.1) is 0 Å². The molecule has 1 aliphatic rings. The standard InChI is InChI=1S/C16H18BrN3O3S/c1-10(2)13-12(18-16(17)24-13)15(22)20-7-5-19(6-8-20)14(21)11-4-3-9-23-11/h3-4,9-10H,5-8H2,1-2H3. The van der Waals surface area contributed by atoms with Gasteiger partial charge in [0.1, 0.15) is 5.69 Å². The molecule has 0 aliphatic carbocycles. The van der Waals surface area contributed by atoms with Crippen LogP contribution in [0.2, 0.25) is 0 Å². The number of piperazine rings is 1. The Bertz CT molecular complexity index is 734. The average Bonchev–Trinajstić information content (AvgIpc) is 3.23. The number of amides is 2. The Morgan fingerprint density at radius 2 is 1.83 bits per heavy atom. The number of nitrogens with zero attached hydrogens (tertiary/aromatic N) is 3. The van der Waals surface area contributed by atoms with Crippen LogP contribution in [0.5, 0.6) is 0 Å². The van der Waals surface area contributed by atoms with E-state index in [0.717, 1.165) is 8.79 Å². The van der Waals surface area contributed by atoms with Crippen LogP contribution in [0.15, 0.2) is 26.7 Å². The Hall–Kier alpha value is -1.67. The first-order valence-corrected chi connectivity index (χ1v) is 9.36. The van der Waals surface area contributed by atoms with Gasteiger partial charge in [0, 0.05) is 31.1 Å². The van der Waals surface area contributed by atoms with E-state index in [9.17, 15) is 9.59 Å². The molecule has 2 aromatic heterocycles. The van der Waals surface area contributed by atoms with Crippen LogP contribution in [0.25, 0.3) is 0 Å². The lowest BCUT2D eigenvalue weighted by atomic mass is 10.1. The Morgan fingerprint density at radius 1 is 1.21 bits per heavy atom. The zero-order chi connectivity index (χ0) is 17.3. The Kier molecular flexibility index (Phi) is 5.05. The van der Waals surface area contributed by atoms with Crippen LogP contribution >= 0.6 is 27.3 Å². The van der Waals surface area contributed by atoms with E-state index in [1.165, 1.54) is 17.6 Å². The van der Waals surface area contributed by atoms with E-state index in [1.807, 2.05) is 0 Å². The zero-order valence-corrected chi connectivity index (χ0v) is 15.9. The lowest BCUT2D eigenvalue weighted by molar-refractivity contribution is 0.0515. The molecule has 0 bridgehead atoms. The minimum atomic E-state index is -0.133. The maximum absolute atomic E-state index is 12.8. The highest BCUT2D eigenvalue weighted by Gasteiger charge is 2.29. The number of carbonyl (C=O) groups is 2. The van der Waals surface area contributed by atoms with Gasteiger partial charge in [-0.15, -0.1) is 11.3 Å². The quantitative estimate of drug-likeness (QED) is 0.777. The van der Waals surface area contributed by atoms with Crippen LogP contribution in [0.4, 0.5) is 0 Å². The molecule has 0 unspecified atom stereocenters. The van der Waals surface area contributed by atoms with Gasteiger partial charge in [0.15, 0.2) is 9.68 Å². The number of aromatic nitrogens is 1. The molecule has 6 nitrogen and oxygen atoms in total. The summed E-state index contributed by atoms with van der Waals surface area (Å²) in [6, 6.07) is 3.35. The third-order valence-corrected chi connectivity index (χ3v) is 5.75. The first kappa shape index (κ1) is 17.2. The summed E-state index contributed by atoms with van der Waals surface area (Å²) in [5, 5.41) is 0. The summed E-state index contributed by atoms with van der Waals surface area (Å²) >= 11 is 4.87. The molecule has 0 atom stereocenters. The molecule has 8 heteroatoms. The molecule has 0 radical (unpaired) electrons. The predicted molar refractivity (Wildman–Crippen MR) is 94.4 cm³/mol. The molecule has 1 aliphatic heterocycles. The van der Waals surface area contributed by atoms with Gasteiger partial charge in [-0.25, -0.2) is 4.98 Å². The molecule has 1 saturated heterocycles. The van der Waals surface area contributed by atoms with E-state index < -0.39 is 0 Å². The SMILES string of the molecule is CC(C)c1sc(Br)nc1C(=O)N1CCN(C(=O)c2ccco2)CC1. The van der Waals surface area contributed by atoms with Gasteiger partial charge in [0.05, 0.1) is 6.26 Å². The number of halogens is 1. The Morgan fingerprint density at radius 3 is 2.38 bits per heavy atom. The number of rotatable bonds is 3. The molecule has 2 aromatic rings. The molecule has 1 fully saturated rings. The van der Waals surface area contributed by atoms with Crippen molar-refractivity contribution in [1.29, 1.82) is 0 Å². The van der Waals surface area contributed by atoms with E-state index in [-0.39, 0.29) is 17.7 Å². The molecule has 128 valence electrons. The maximum atomic E-state index is 12.8. The highest BCUT2D eigenvalue weighted by molar-refractivity contribution is 9.11. The van der Waals surface area contributed by atoms with Gasteiger partial charge in [-0.3, -0.25) is 9.59 Å². The lowest BCUT2D eigenvalue weighted by Crippen LogP contribution is -2.50. The van der Waals surface area contributed by atoms with Crippen LogP contribution in [0.3, 0.4) is 0 Å². The molecule has 24 heavy (non-hydrogen) atoms. The van der Waals surface area contributed by atoms with Crippen molar-refractivity contribution in [3.8, 4) is 0 Å². The van der Waals surface area contributed by atoms with Crippen molar-refractivity contribution in [3.63, 3.8) is 0 Å². The van der Waals surface area contributed by atoms with E-state index in [2.05, 4.69) is 34.8 Å². The van der Waals surface area contributed by atoms with Gasteiger partial charge in [-0.1, -0.05) is 13.8 Å². The second-order valence-electron chi connectivity index (χ2n) is 5.90. The number of carbonyl (C=O) groups excluding carboxylic acids is 2. The molecule has 2 amide bonds. The summed E-state index contributed by atoms with van der Waals surface area (Å²) in [7, 11) is 0. The summed E-state index contributed by atoms with van der Waals surface area (Å²) in [4.78, 5) is 33.8. The third kappa shape index (κ3) is 3.39. The molecular weight excluding hydrogens is 394 g/mol. The number of furan rings is 1. The van der Waals surface area contributed by atoms with Gasteiger partial charge in [0.2, 0.25) is 0 Å². The van der Waals surface area contributed by atoms with Crippen molar-refractivity contribution in [2.24, 2.45) is 0 Å². The van der Waals surface area contributed by atoms with Gasteiger partial charge >= 0.3 is 0 Å². The fraction of sp³-hybridized carbons (Fsp3) is 0.438. The number of hydrogen-bond acceptors (Lipinski definition) is 5. The van der Waals surface area contributed by atoms with Crippen molar-refractivity contribution < 1.29 is 14.0 Å². The monoisotopic (exact) mass is 411 g/mol. The number of thiazole rings is 1. The third-order valence-electron chi connectivity index (χ3n) is 3.94. The van der Waals surface area contributed by atoms with Gasteiger partial charge < -0.3 is 14.2 Å². The van der Waals surface area contributed by atoms with Crippen molar-refractivity contribution in [3.05, 3.63) is 38.6 Å². The summed E-state index contributed by atoms with van der Waals surface area (Å²) in [5.41, 5.74) is 0.521. The van der Waals surface area contributed by atoms with Crippen molar-refractivity contribution in [1.82, 2.24) is 14.8 Å². The van der Waals surface area contributed by atoms with Crippen LogP contribution in [0.1, 0.15) is 45.7 Å². The Labute approximate surface area is 152 Å². The van der Waals surface area contributed by atoms with Crippen LogP contribution < -0.4 is 0 Å². The molecule has 0 aromatic carbocycles. The minimum absolute atomic E-state index is 0.0641. The van der Waals surface area contributed by atoms with Crippen LogP contribution in [-0.2, 0) is 0 Å².